The van der Waals surface area contributed by atoms with Crippen molar-refractivity contribution in [1.29, 1.82) is 0 Å². The average Bonchev–Trinajstić information content (AvgIpc) is 2.50. The summed E-state index contributed by atoms with van der Waals surface area (Å²) < 4.78 is 0. The molecule has 1 aromatic rings. The molecule has 0 aromatic heterocycles. The van der Waals surface area contributed by atoms with E-state index in [1.165, 1.54) is 4.90 Å². The molecule has 6 heteroatoms. The lowest BCUT2D eigenvalue weighted by Gasteiger charge is -2.25. The second kappa shape index (κ2) is 6.97. The number of amides is 3. The third kappa shape index (κ3) is 3.87. The third-order valence-electron chi connectivity index (χ3n) is 3.51. The fraction of sp³-hybridized carbons (Fsp3) is 0.467. The van der Waals surface area contributed by atoms with Crippen molar-refractivity contribution in [2.45, 2.75) is 12.3 Å². The molecule has 1 aliphatic rings. The van der Waals surface area contributed by atoms with Crippen LogP contribution < -0.4 is 16.0 Å². The van der Waals surface area contributed by atoms with Gasteiger partial charge in [-0.25, -0.2) is 4.79 Å². The molecular weight excluding hydrogens is 268 g/mol. The number of nitrogens with zero attached hydrogens (tertiary/aromatic N) is 1. The summed E-state index contributed by atoms with van der Waals surface area (Å²) in [6.45, 7) is 1.66. The highest BCUT2D eigenvalue weighted by Gasteiger charge is 2.25. The van der Waals surface area contributed by atoms with Gasteiger partial charge in [0.1, 0.15) is 0 Å². The largest absolute Gasteiger partial charge is 0.385 e. The molecule has 0 spiro atoms. The topological polar surface area (TPSA) is 73.5 Å². The maximum absolute atomic E-state index is 12.3. The van der Waals surface area contributed by atoms with Crippen LogP contribution in [0.5, 0.6) is 0 Å². The highest BCUT2D eigenvalue weighted by atomic mass is 16.2. The lowest BCUT2D eigenvalue weighted by molar-refractivity contribution is -0.122. The molecule has 0 aliphatic carbocycles. The maximum Gasteiger partial charge on any atom is 0.316 e. The molecule has 0 bridgehead atoms. The van der Waals surface area contributed by atoms with Gasteiger partial charge in [0.05, 0.1) is 5.92 Å². The van der Waals surface area contributed by atoms with Crippen molar-refractivity contribution in [1.82, 2.24) is 15.5 Å². The lowest BCUT2D eigenvalue weighted by atomic mass is 9.90. The third-order valence-corrected chi connectivity index (χ3v) is 3.51. The molecular formula is C15H22N4O2. The van der Waals surface area contributed by atoms with E-state index in [0.29, 0.717) is 13.1 Å². The van der Waals surface area contributed by atoms with E-state index in [0.717, 1.165) is 24.2 Å². The molecule has 3 N–H and O–H groups in total. The second-order valence-electron chi connectivity index (χ2n) is 5.27. The Morgan fingerprint density at radius 2 is 1.95 bits per heavy atom. The minimum Gasteiger partial charge on any atom is -0.385 e. The number of urea groups is 1. The Morgan fingerprint density at radius 3 is 2.71 bits per heavy atom. The summed E-state index contributed by atoms with van der Waals surface area (Å²) in [5.74, 6) is -0.102. The van der Waals surface area contributed by atoms with E-state index >= 15 is 0 Å². The summed E-state index contributed by atoms with van der Waals surface area (Å²) in [5.41, 5.74) is 2.07. The number of carbonyl (C=O) groups is 2. The summed E-state index contributed by atoms with van der Waals surface area (Å²) in [6, 6.07) is 7.73. The number of hydrogen-bond acceptors (Lipinski definition) is 3. The molecule has 1 unspecified atom stereocenters. The lowest BCUT2D eigenvalue weighted by Crippen LogP contribution is -2.41. The van der Waals surface area contributed by atoms with Crippen LogP contribution in [0.15, 0.2) is 24.3 Å². The Labute approximate surface area is 124 Å². The van der Waals surface area contributed by atoms with Crippen molar-refractivity contribution in [3.8, 4) is 0 Å². The van der Waals surface area contributed by atoms with Gasteiger partial charge in [-0.2, -0.15) is 0 Å². The van der Waals surface area contributed by atoms with Crippen molar-refractivity contribution < 1.29 is 9.59 Å². The first-order valence-electron chi connectivity index (χ1n) is 7.15. The number of nitrogens with one attached hydrogen (secondary N) is 3. The van der Waals surface area contributed by atoms with Gasteiger partial charge in [0.2, 0.25) is 5.91 Å². The molecule has 6 nitrogen and oxygen atoms in total. The van der Waals surface area contributed by atoms with Gasteiger partial charge in [-0.1, -0.05) is 18.2 Å². The normalized spacial score (nSPS) is 16.4. The average molecular weight is 290 g/mol. The highest BCUT2D eigenvalue weighted by molar-refractivity contribution is 5.86. The van der Waals surface area contributed by atoms with Crippen LogP contribution in [-0.4, -0.2) is 50.6 Å². The first-order valence-corrected chi connectivity index (χ1v) is 7.15. The van der Waals surface area contributed by atoms with Crippen LogP contribution in [0.4, 0.5) is 10.5 Å². The fourth-order valence-corrected chi connectivity index (χ4v) is 2.38. The van der Waals surface area contributed by atoms with Crippen molar-refractivity contribution in [2.24, 2.45) is 0 Å². The smallest absolute Gasteiger partial charge is 0.316 e. The van der Waals surface area contributed by atoms with Gasteiger partial charge in [0.25, 0.3) is 0 Å². The number of hydrogen-bond donors (Lipinski definition) is 3. The van der Waals surface area contributed by atoms with Gasteiger partial charge >= 0.3 is 6.03 Å². The summed E-state index contributed by atoms with van der Waals surface area (Å²) in [4.78, 5) is 25.1. The van der Waals surface area contributed by atoms with Crippen LogP contribution >= 0.6 is 0 Å². The Kier molecular flexibility index (Phi) is 5.03. The summed E-state index contributed by atoms with van der Waals surface area (Å²) in [6.07, 6.45) is 0.785. The summed E-state index contributed by atoms with van der Waals surface area (Å²) in [7, 11) is 3.36. The minimum absolute atomic E-state index is 0.0167. The van der Waals surface area contributed by atoms with Gasteiger partial charge in [-0.05, 0) is 18.1 Å². The fourth-order valence-electron chi connectivity index (χ4n) is 2.38. The molecule has 1 aromatic carbocycles. The zero-order chi connectivity index (χ0) is 15.2. The summed E-state index contributed by atoms with van der Waals surface area (Å²) >= 11 is 0. The predicted molar refractivity (Wildman–Crippen MR) is 82.4 cm³/mol. The standard InChI is InChI=1S/C15H22N4O2/c1-19(2)15(21)18-10-9-17-14(20)12-7-8-16-13-6-4-3-5-11(12)13/h3-6,12,16H,7-10H2,1-2H3,(H,17,20)(H,18,21). The molecule has 0 saturated heterocycles. The zero-order valence-electron chi connectivity index (χ0n) is 12.5. The Hall–Kier alpha value is -2.24. The molecule has 0 fully saturated rings. The maximum atomic E-state index is 12.3. The van der Waals surface area contributed by atoms with E-state index in [1.54, 1.807) is 14.1 Å². The molecule has 3 amide bonds. The van der Waals surface area contributed by atoms with Gasteiger partial charge in [0.15, 0.2) is 0 Å². The molecule has 0 saturated carbocycles. The number of carbonyl (C=O) groups excluding carboxylic acids is 2. The van der Waals surface area contributed by atoms with Crippen LogP contribution in [0.2, 0.25) is 0 Å². The van der Waals surface area contributed by atoms with E-state index in [4.69, 9.17) is 0 Å². The van der Waals surface area contributed by atoms with Crippen molar-refractivity contribution in [3.63, 3.8) is 0 Å². The Bertz CT molecular complexity index is 516. The molecule has 1 heterocycles. The quantitative estimate of drug-likeness (QED) is 0.724. The van der Waals surface area contributed by atoms with Crippen molar-refractivity contribution >= 4 is 17.6 Å². The monoisotopic (exact) mass is 290 g/mol. The van der Waals surface area contributed by atoms with E-state index in [-0.39, 0.29) is 17.9 Å². The van der Waals surface area contributed by atoms with E-state index in [2.05, 4.69) is 16.0 Å². The number of fused-ring (bicyclic) bond motifs is 1. The zero-order valence-corrected chi connectivity index (χ0v) is 12.5. The highest BCUT2D eigenvalue weighted by Crippen LogP contribution is 2.31. The molecule has 0 radical (unpaired) electrons. The summed E-state index contributed by atoms with van der Waals surface area (Å²) in [5, 5.41) is 8.91. The van der Waals surface area contributed by atoms with E-state index in [1.807, 2.05) is 24.3 Å². The predicted octanol–water partition coefficient (Wildman–Crippen LogP) is 0.973. The Balaban J connectivity index is 1.83. The van der Waals surface area contributed by atoms with Gasteiger partial charge in [-0.3, -0.25) is 4.79 Å². The number of para-hydroxylation sites is 1. The van der Waals surface area contributed by atoms with Crippen molar-refractivity contribution in [3.05, 3.63) is 29.8 Å². The van der Waals surface area contributed by atoms with Crippen LogP contribution in [0.1, 0.15) is 17.9 Å². The molecule has 21 heavy (non-hydrogen) atoms. The van der Waals surface area contributed by atoms with Crippen LogP contribution in [-0.2, 0) is 4.79 Å². The second-order valence-corrected chi connectivity index (χ2v) is 5.27. The van der Waals surface area contributed by atoms with Crippen LogP contribution in [0.3, 0.4) is 0 Å². The number of benzene rings is 1. The molecule has 114 valence electrons. The molecule has 1 aliphatic heterocycles. The van der Waals surface area contributed by atoms with E-state index in [9.17, 15) is 9.59 Å². The number of anilines is 1. The van der Waals surface area contributed by atoms with Crippen LogP contribution in [0, 0.1) is 0 Å². The van der Waals surface area contributed by atoms with Crippen LogP contribution in [0.25, 0.3) is 0 Å². The van der Waals surface area contributed by atoms with E-state index < -0.39 is 0 Å². The van der Waals surface area contributed by atoms with Gasteiger partial charge in [-0.15, -0.1) is 0 Å². The minimum atomic E-state index is -0.156. The molecule has 1 atom stereocenters. The first-order chi connectivity index (χ1) is 10.1. The Morgan fingerprint density at radius 1 is 1.24 bits per heavy atom. The molecule has 2 rings (SSSR count). The number of rotatable bonds is 4. The van der Waals surface area contributed by atoms with Gasteiger partial charge < -0.3 is 20.9 Å². The van der Waals surface area contributed by atoms with Crippen molar-refractivity contribution in [2.75, 3.05) is 39.0 Å². The van der Waals surface area contributed by atoms with Gasteiger partial charge in [0, 0.05) is 39.4 Å². The SMILES string of the molecule is CN(C)C(=O)NCCNC(=O)C1CCNc2ccccc21. The first kappa shape index (κ1) is 15.2.